The van der Waals surface area contributed by atoms with Crippen molar-refractivity contribution in [2.45, 2.75) is 26.3 Å². The van der Waals surface area contributed by atoms with Crippen LogP contribution in [0, 0.1) is 6.92 Å². The molecule has 1 amide bonds. The average Bonchev–Trinajstić information content (AvgIpc) is 2.96. The summed E-state index contributed by atoms with van der Waals surface area (Å²) in [6.45, 7) is 5.04. The van der Waals surface area contributed by atoms with Crippen molar-refractivity contribution in [2.75, 3.05) is 25.5 Å². The van der Waals surface area contributed by atoms with E-state index < -0.39 is 0 Å². The number of carbonyl (C=O) groups is 1. The summed E-state index contributed by atoms with van der Waals surface area (Å²) >= 11 is 0. The van der Waals surface area contributed by atoms with E-state index in [2.05, 4.69) is 10.5 Å². The molecule has 0 unspecified atom stereocenters. The van der Waals surface area contributed by atoms with Crippen molar-refractivity contribution >= 4 is 11.8 Å². The van der Waals surface area contributed by atoms with Gasteiger partial charge < -0.3 is 9.26 Å². The smallest absolute Gasteiger partial charge is 0.243 e. The van der Waals surface area contributed by atoms with Gasteiger partial charge in [0.05, 0.1) is 18.3 Å². The van der Waals surface area contributed by atoms with Crippen molar-refractivity contribution in [3.05, 3.63) is 42.1 Å². The molecule has 1 atom stereocenters. The number of aryl methyl sites for hydroxylation is 1. The van der Waals surface area contributed by atoms with Gasteiger partial charge in [-0.15, -0.1) is 0 Å². The van der Waals surface area contributed by atoms with Crippen molar-refractivity contribution < 1.29 is 14.1 Å². The number of anilines is 1. The van der Waals surface area contributed by atoms with Crippen molar-refractivity contribution in [3.8, 4) is 5.75 Å². The van der Waals surface area contributed by atoms with Gasteiger partial charge in [-0.05, 0) is 39.4 Å². The first-order valence-electron chi connectivity index (χ1n) is 7.68. The number of likely N-dealkylation sites (N-methyl/N-ethyl adjacent to an activating group) is 1. The Morgan fingerprint density at radius 1 is 1.39 bits per heavy atom. The normalized spacial score (nSPS) is 12.2. The lowest BCUT2D eigenvalue weighted by Gasteiger charge is -2.23. The van der Waals surface area contributed by atoms with E-state index in [1.807, 2.05) is 49.2 Å². The molecule has 0 fully saturated rings. The second kappa shape index (κ2) is 8.33. The highest BCUT2D eigenvalue weighted by Crippen LogP contribution is 2.11. The van der Waals surface area contributed by atoms with Gasteiger partial charge in [0.15, 0.2) is 0 Å². The summed E-state index contributed by atoms with van der Waals surface area (Å²) < 4.78 is 10.6. The number of carbonyl (C=O) groups excluding carboxylic acids is 1. The molecule has 1 heterocycles. The summed E-state index contributed by atoms with van der Waals surface area (Å²) in [7, 11) is 1.92. The molecule has 0 bridgehead atoms. The zero-order valence-electron chi connectivity index (χ0n) is 13.8. The second-order valence-corrected chi connectivity index (χ2v) is 5.49. The fourth-order valence-electron chi connectivity index (χ4n) is 2.06. The maximum atomic E-state index is 12.1. The standard InChI is InChI=1S/C17H23N3O3/c1-13-12-16(23-19-13)18-17(21)14(2)20(3)10-7-11-22-15-8-5-4-6-9-15/h4-6,8-9,12,14H,7,10-11H2,1-3H3,(H,18,21)/t14-/m0/s1. The molecule has 124 valence electrons. The van der Waals surface area contributed by atoms with Gasteiger partial charge in [-0.2, -0.15) is 0 Å². The molecule has 0 aliphatic rings. The highest BCUT2D eigenvalue weighted by atomic mass is 16.5. The summed E-state index contributed by atoms with van der Waals surface area (Å²) in [5, 5.41) is 6.46. The molecule has 23 heavy (non-hydrogen) atoms. The Bertz CT molecular complexity index is 613. The molecule has 0 radical (unpaired) electrons. The largest absolute Gasteiger partial charge is 0.494 e. The van der Waals surface area contributed by atoms with Crippen LogP contribution in [0.3, 0.4) is 0 Å². The lowest BCUT2D eigenvalue weighted by atomic mass is 10.2. The Hall–Kier alpha value is -2.34. The van der Waals surface area contributed by atoms with Gasteiger partial charge in [-0.3, -0.25) is 15.0 Å². The number of hydrogen-bond donors (Lipinski definition) is 1. The van der Waals surface area contributed by atoms with Crippen LogP contribution in [0.4, 0.5) is 5.88 Å². The van der Waals surface area contributed by atoms with Crippen LogP contribution >= 0.6 is 0 Å². The molecule has 0 aliphatic carbocycles. The van der Waals surface area contributed by atoms with Crippen LogP contribution < -0.4 is 10.1 Å². The molecule has 1 aromatic carbocycles. The number of ether oxygens (including phenoxy) is 1. The zero-order chi connectivity index (χ0) is 16.7. The highest BCUT2D eigenvalue weighted by molar-refractivity contribution is 5.93. The second-order valence-electron chi connectivity index (χ2n) is 5.49. The molecule has 0 spiro atoms. The van der Waals surface area contributed by atoms with E-state index >= 15 is 0 Å². The predicted molar refractivity (Wildman–Crippen MR) is 88.5 cm³/mol. The van der Waals surface area contributed by atoms with Crippen LogP contribution in [0.5, 0.6) is 5.75 Å². The first-order chi connectivity index (χ1) is 11.1. The number of nitrogens with one attached hydrogen (secondary N) is 1. The van der Waals surface area contributed by atoms with Crippen molar-refractivity contribution in [2.24, 2.45) is 0 Å². The zero-order valence-corrected chi connectivity index (χ0v) is 13.8. The van der Waals surface area contributed by atoms with Crippen LogP contribution in [0.1, 0.15) is 19.0 Å². The van der Waals surface area contributed by atoms with Gasteiger partial charge in [0, 0.05) is 12.6 Å². The Kier molecular flexibility index (Phi) is 6.17. The van der Waals surface area contributed by atoms with E-state index in [4.69, 9.17) is 9.26 Å². The SMILES string of the molecule is Cc1cc(NC(=O)[C@H](C)N(C)CCCOc2ccccc2)on1. The topological polar surface area (TPSA) is 67.6 Å². The lowest BCUT2D eigenvalue weighted by Crippen LogP contribution is -2.40. The maximum absolute atomic E-state index is 12.1. The highest BCUT2D eigenvalue weighted by Gasteiger charge is 2.19. The first-order valence-corrected chi connectivity index (χ1v) is 7.68. The number of amides is 1. The Labute approximate surface area is 136 Å². The average molecular weight is 317 g/mol. The molecule has 1 aromatic heterocycles. The molecule has 1 N–H and O–H groups in total. The van der Waals surface area contributed by atoms with Gasteiger partial charge in [-0.25, -0.2) is 0 Å². The van der Waals surface area contributed by atoms with Gasteiger partial charge in [0.25, 0.3) is 0 Å². The molecule has 0 saturated heterocycles. The molecular weight excluding hydrogens is 294 g/mol. The maximum Gasteiger partial charge on any atom is 0.243 e. The quantitative estimate of drug-likeness (QED) is 0.758. The minimum absolute atomic E-state index is 0.118. The van der Waals surface area contributed by atoms with E-state index in [-0.39, 0.29) is 11.9 Å². The van der Waals surface area contributed by atoms with Crippen molar-refractivity contribution in [1.82, 2.24) is 10.1 Å². The van der Waals surface area contributed by atoms with Gasteiger partial charge in [-0.1, -0.05) is 23.4 Å². The number of nitrogens with zero attached hydrogens (tertiary/aromatic N) is 2. The summed E-state index contributed by atoms with van der Waals surface area (Å²) in [5.74, 6) is 1.12. The van der Waals surface area contributed by atoms with Crippen molar-refractivity contribution in [3.63, 3.8) is 0 Å². The van der Waals surface area contributed by atoms with E-state index in [0.717, 1.165) is 24.4 Å². The summed E-state index contributed by atoms with van der Waals surface area (Å²) in [5.41, 5.74) is 0.736. The van der Waals surface area contributed by atoms with Crippen LogP contribution in [-0.4, -0.2) is 42.2 Å². The molecule has 6 heteroatoms. The van der Waals surface area contributed by atoms with Crippen LogP contribution in [0.15, 0.2) is 40.9 Å². The molecule has 0 aliphatic heterocycles. The predicted octanol–water partition coefficient (Wildman–Crippen LogP) is 2.71. The van der Waals surface area contributed by atoms with E-state index in [0.29, 0.717) is 12.5 Å². The number of hydrogen-bond acceptors (Lipinski definition) is 5. The minimum Gasteiger partial charge on any atom is -0.494 e. The lowest BCUT2D eigenvalue weighted by molar-refractivity contribution is -0.120. The van der Waals surface area contributed by atoms with Crippen LogP contribution in [-0.2, 0) is 4.79 Å². The minimum atomic E-state index is -0.267. The van der Waals surface area contributed by atoms with Crippen LogP contribution in [0.25, 0.3) is 0 Å². The molecular formula is C17H23N3O3. The van der Waals surface area contributed by atoms with Crippen LogP contribution in [0.2, 0.25) is 0 Å². The first kappa shape index (κ1) is 17.0. The summed E-state index contributed by atoms with van der Waals surface area (Å²) in [6, 6.07) is 11.1. The van der Waals surface area contributed by atoms with Gasteiger partial charge in [0.1, 0.15) is 5.75 Å². The number of aromatic nitrogens is 1. The van der Waals surface area contributed by atoms with E-state index in [1.54, 1.807) is 13.0 Å². The Morgan fingerprint density at radius 2 is 2.13 bits per heavy atom. The number of benzene rings is 1. The third kappa shape index (κ3) is 5.41. The van der Waals surface area contributed by atoms with Gasteiger partial charge in [0.2, 0.25) is 11.8 Å². The van der Waals surface area contributed by atoms with E-state index in [9.17, 15) is 4.79 Å². The molecule has 6 nitrogen and oxygen atoms in total. The monoisotopic (exact) mass is 317 g/mol. The summed E-state index contributed by atoms with van der Waals surface area (Å²) in [4.78, 5) is 14.1. The Balaban J connectivity index is 1.69. The number of para-hydroxylation sites is 1. The third-order valence-electron chi connectivity index (χ3n) is 3.58. The third-order valence-corrected chi connectivity index (χ3v) is 3.58. The van der Waals surface area contributed by atoms with E-state index in [1.165, 1.54) is 0 Å². The summed E-state index contributed by atoms with van der Waals surface area (Å²) in [6.07, 6.45) is 0.838. The fraction of sp³-hybridized carbons (Fsp3) is 0.412. The number of rotatable bonds is 8. The molecule has 2 rings (SSSR count). The molecule has 2 aromatic rings. The Morgan fingerprint density at radius 3 is 2.78 bits per heavy atom. The fourth-order valence-corrected chi connectivity index (χ4v) is 2.06. The van der Waals surface area contributed by atoms with Gasteiger partial charge >= 0.3 is 0 Å². The van der Waals surface area contributed by atoms with Crippen molar-refractivity contribution in [1.29, 1.82) is 0 Å². The molecule has 0 saturated carbocycles.